The van der Waals surface area contributed by atoms with Crippen LogP contribution in [0, 0.1) is 0 Å². The van der Waals surface area contributed by atoms with E-state index in [0.717, 1.165) is 29.5 Å². The number of carbonyl (C=O) groups is 1. The highest BCUT2D eigenvalue weighted by Gasteiger charge is 2.03. The summed E-state index contributed by atoms with van der Waals surface area (Å²) in [6.07, 6.45) is 2.35. The van der Waals surface area contributed by atoms with Crippen LogP contribution in [0.3, 0.4) is 0 Å². The van der Waals surface area contributed by atoms with Crippen molar-refractivity contribution in [1.29, 1.82) is 0 Å². The summed E-state index contributed by atoms with van der Waals surface area (Å²) in [5.74, 6) is 0.666. The number of halogens is 1. The monoisotopic (exact) mass is 300 g/mol. The number of esters is 1. The molecule has 0 atom stereocenters. The van der Waals surface area contributed by atoms with E-state index in [2.05, 4.69) is 15.9 Å². The lowest BCUT2D eigenvalue weighted by Gasteiger charge is -2.05. The maximum atomic E-state index is 11.4. The Bertz CT molecular complexity index is 335. The van der Waals surface area contributed by atoms with Crippen molar-refractivity contribution in [2.75, 3.05) is 12.4 Å². The molecule has 1 aromatic carbocycles. The summed E-state index contributed by atoms with van der Waals surface area (Å²) in [7, 11) is 1.62. The molecule has 4 heteroatoms. The Morgan fingerprint density at radius 3 is 2.53 bits per heavy atom. The number of hydrogen-bond donors (Lipinski definition) is 0. The Hall–Kier alpha value is -1.03. The van der Waals surface area contributed by atoms with Crippen molar-refractivity contribution < 1.29 is 14.3 Å². The van der Waals surface area contributed by atoms with Crippen molar-refractivity contribution >= 4 is 21.9 Å². The van der Waals surface area contributed by atoms with Crippen molar-refractivity contribution in [2.45, 2.75) is 25.9 Å². The molecule has 1 aromatic rings. The van der Waals surface area contributed by atoms with Gasteiger partial charge in [-0.15, -0.1) is 0 Å². The van der Waals surface area contributed by atoms with E-state index in [0.29, 0.717) is 13.0 Å². The number of alkyl halides is 1. The van der Waals surface area contributed by atoms with E-state index in [-0.39, 0.29) is 5.97 Å². The Morgan fingerprint density at radius 2 is 1.94 bits per heavy atom. The van der Waals surface area contributed by atoms with Gasteiger partial charge in [0.15, 0.2) is 0 Å². The van der Waals surface area contributed by atoms with Crippen LogP contribution < -0.4 is 4.74 Å². The molecule has 0 aliphatic rings. The zero-order valence-electron chi connectivity index (χ0n) is 9.95. The molecule has 0 amide bonds. The zero-order valence-corrected chi connectivity index (χ0v) is 11.5. The first-order chi connectivity index (χ1) is 8.26. The van der Waals surface area contributed by atoms with Crippen LogP contribution in [0.4, 0.5) is 0 Å². The van der Waals surface area contributed by atoms with Gasteiger partial charge in [0.1, 0.15) is 12.4 Å². The molecule has 3 nitrogen and oxygen atoms in total. The first kappa shape index (κ1) is 14.0. The average Bonchev–Trinajstić information content (AvgIpc) is 2.37. The molecule has 1 rings (SSSR count). The molecule has 0 spiro atoms. The zero-order chi connectivity index (χ0) is 12.5. The lowest BCUT2D eigenvalue weighted by Crippen LogP contribution is -2.04. The minimum absolute atomic E-state index is 0.137. The van der Waals surface area contributed by atoms with Gasteiger partial charge in [-0.1, -0.05) is 28.1 Å². The quantitative estimate of drug-likeness (QED) is 0.440. The number of methoxy groups -OCH3 is 1. The van der Waals surface area contributed by atoms with Crippen LogP contribution in [0.1, 0.15) is 24.8 Å². The lowest BCUT2D eigenvalue weighted by atomic mass is 10.2. The van der Waals surface area contributed by atoms with E-state index in [1.165, 1.54) is 0 Å². The molecule has 0 radical (unpaired) electrons. The van der Waals surface area contributed by atoms with Crippen LogP contribution in [0.15, 0.2) is 24.3 Å². The largest absolute Gasteiger partial charge is 0.497 e. The van der Waals surface area contributed by atoms with E-state index in [9.17, 15) is 4.79 Å². The highest BCUT2D eigenvalue weighted by atomic mass is 79.9. The van der Waals surface area contributed by atoms with Crippen LogP contribution in [-0.4, -0.2) is 18.4 Å². The van der Waals surface area contributed by atoms with E-state index >= 15 is 0 Å². The van der Waals surface area contributed by atoms with E-state index < -0.39 is 0 Å². The van der Waals surface area contributed by atoms with Gasteiger partial charge in [0, 0.05) is 11.8 Å². The predicted octanol–water partition coefficient (Wildman–Crippen LogP) is 3.30. The number of rotatable bonds is 7. The summed E-state index contributed by atoms with van der Waals surface area (Å²) in [4.78, 5) is 11.4. The summed E-state index contributed by atoms with van der Waals surface area (Å²) in [6, 6.07) is 7.50. The molecule has 0 heterocycles. The molecule has 0 fully saturated rings. The maximum Gasteiger partial charge on any atom is 0.306 e. The number of carbonyl (C=O) groups excluding carboxylic acids is 1. The average molecular weight is 301 g/mol. The number of hydrogen-bond acceptors (Lipinski definition) is 3. The Kier molecular flexibility index (Phi) is 6.70. The second kappa shape index (κ2) is 8.12. The van der Waals surface area contributed by atoms with Crippen LogP contribution in [0.2, 0.25) is 0 Å². The normalized spacial score (nSPS) is 10.0. The third-order valence-electron chi connectivity index (χ3n) is 2.32. The summed E-state index contributed by atoms with van der Waals surface area (Å²) < 4.78 is 10.2. The number of unbranched alkanes of at least 4 members (excludes halogenated alkanes) is 1. The van der Waals surface area contributed by atoms with Crippen molar-refractivity contribution in [3.8, 4) is 5.75 Å². The first-order valence-corrected chi connectivity index (χ1v) is 6.73. The predicted molar refractivity (Wildman–Crippen MR) is 70.4 cm³/mol. The fourth-order valence-corrected chi connectivity index (χ4v) is 1.72. The third kappa shape index (κ3) is 5.73. The SMILES string of the molecule is COc1ccc(COC(=O)CCCCBr)cc1. The fraction of sp³-hybridized carbons (Fsp3) is 0.462. The van der Waals surface area contributed by atoms with Gasteiger partial charge in [-0.2, -0.15) is 0 Å². The summed E-state index contributed by atoms with van der Waals surface area (Å²) in [6.45, 7) is 0.330. The molecule has 0 bridgehead atoms. The summed E-state index contributed by atoms with van der Waals surface area (Å²) >= 11 is 3.32. The van der Waals surface area contributed by atoms with E-state index in [1.807, 2.05) is 24.3 Å². The van der Waals surface area contributed by atoms with Gasteiger partial charge in [0.05, 0.1) is 7.11 Å². The van der Waals surface area contributed by atoms with Gasteiger partial charge < -0.3 is 9.47 Å². The second-order valence-corrected chi connectivity index (χ2v) is 4.45. The highest BCUT2D eigenvalue weighted by Crippen LogP contribution is 2.12. The van der Waals surface area contributed by atoms with Crippen molar-refractivity contribution in [1.82, 2.24) is 0 Å². The molecule has 0 aromatic heterocycles. The molecule has 94 valence electrons. The molecular weight excluding hydrogens is 284 g/mol. The standard InChI is InChI=1S/C13H17BrO3/c1-16-12-7-5-11(6-8-12)10-17-13(15)4-2-3-9-14/h5-8H,2-4,9-10H2,1H3. The molecule has 0 aliphatic carbocycles. The van der Waals surface area contributed by atoms with Crippen LogP contribution >= 0.6 is 15.9 Å². The van der Waals surface area contributed by atoms with Crippen molar-refractivity contribution in [3.63, 3.8) is 0 Å². The van der Waals surface area contributed by atoms with Gasteiger partial charge >= 0.3 is 5.97 Å². The molecule has 0 aliphatic heterocycles. The molecule has 17 heavy (non-hydrogen) atoms. The molecule has 0 saturated carbocycles. The van der Waals surface area contributed by atoms with Crippen molar-refractivity contribution in [2.24, 2.45) is 0 Å². The van der Waals surface area contributed by atoms with Crippen LogP contribution in [-0.2, 0) is 16.1 Å². The summed E-state index contributed by atoms with van der Waals surface area (Å²) in [5.41, 5.74) is 0.972. The maximum absolute atomic E-state index is 11.4. The number of benzene rings is 1. The van der Waals surface area contributed by atoms with E-state index in [1.54, 1.807) is 7.11 Å². The lowest BCUT2D eigenvalue weighted by molar-refractivity contribution is -0.145. The highest BCUT2D eigenvalue weighted by molar-refractivity contribution is 9.09. The minimum Gasteiger partial charge on any atom is -0.497 e. The number of ether oxygens (including phenoxy) is 2. The van der Waals surface area contributed by atoms with Crippen LogP contribution in [0.25, 0.3) is 0 Å². The Morgan fingerprint density at radius 1 is 1.24 bits per heavy atom. The third-order valence-corrected chi connectivity index (χ3v) is 2.88. The van der Waals surface area contributed by atoms with Gasteiger partial charge in [0.25, 0.3) is 0 Å². The second-order valence-electron chi connectivity index (χ2n) is 3.65. The molecular formula is C13H17BrO3. The minimum atomic E-state index is -0.137. The topological polar surface area (TPSA) is 35.5 Å². The Balaban J connectivity index is 2.27. The molecule has 0 N–H and O–H groups in total. The van der Waals surface area contributed by atoms with Gasteiger partial charge in [-0.3, -0.25) is 4.79 Å². The first-order valence-electron chi connectivity index (χ1n) is 5.61. The summed E-state index contributed by atoms with van der Waals surface area (Å²) in [5, 5.41) is 0.929. The van der Waals surface area contributed by atoms with Gasteiger partial charge in [-0.05, 0) is 30.5 Å². The molecule has 0 unspecified atom stereocenters. The van der Waals surface area contributed by atoms with Gasteiger partial charge in [-0.25, -0.2) is 0 Å². The van der Waals surface area contributed by atoms with E-state index in [4.69, 9.17) is 9.47 Å². The molecule has 0 saturated heterocycles. The van der Waals surface area contributed by atoms with Crippen LogP contribution in [0.5, 0.6) is 5.75 Å². The van der Waals surface area contributed by atoms with Crippen molar-refractivity contribution in [3.05, 3.63) is 29.8 Å². The fourth-order valence-electron chi connectivity index (χ4n) is 1.32. The van der Waals surface area contributed by atoms with Gasteiger partial charge in [0.2, 0.25) is 0 Å². The smallest absolute Gasteiger partial charge is 0.306 e. The Labute approximate surface area is 110 Å².